The zero-order valence-electron chi connectivity index (χ0n) is 8.65. The third kappa shape index (κ3) is 1.16. The SMILES string of the molecule is Cc1c[nH]c2nc(-c3ncc[nH]3)nc(N)c12. The Labute approximate surface area is 91.0 Å². The fraction of sp³-hybridized carbons (Fsp3) is 0.100. The highest BCUT2D eigenvalue weighted by molar-refractivity contribution is 5.90. The number of H-pyrrole nitrogens is 2. The number of aromatic nitrogens is 5. The van der Waals surface area contributed by atoms with E-state index in [1.165, 1.54) is 0 Å². The third-order valence-corrected chi connectivity index (χ3v) is 2.47. The summed E-state index contributed by atoms with van der Waals surface area (Å²) in [6.07, 6.45) is 5.24. The van der Waals surface area contributed by atoms with E-state index >= 15 is 0 Å². The molecule has 0 saturated carbocycles. The van der Waals surface area contributed by atoms with Crippen molar-refractivity contribution < 1.29 is 0 Å². The molecule has 0 unspecified atom stereocenters. The second kappa shape index (κ2) is 3.06. The van der Waals surface area contributed by atoms with Crippen LogP contribution in [0.15, 0.2) is 18.6 Å². The Morgan fingerprint density at radius 1 is 1.25 bits per heavy atom. The van der Waals surface area contributed by atoms with E-state index in [1.54, 1.807) is 12.4 Å². The molecule has 6 nitrogen and oxygen atoms in total. The first-order valence-corrected chi connectivity index (χ1v) is 4.86. The van der Waals surface area contributed by atoms with Gasteiger partial charge >= 0.3 is 0 Å². The maximum absolute atomic E-state index is 5.90. The first kappa shape index (κ1) is 8.90. The van der Waals surface area contributed by atoms with E-state index in [2.05, 4.69) is 24.9 Å². The van der Waals surface area contributed by atoms with Gasteiger partial charge in [0.2, 0.25) is 0 Å². The topological polar surface area (TPSA) is 96.3 Å². The molecule has 0 aliphatic rings. The number of hydrogen-bond acceptors (Lipinski definition) is 4. The Balaban J connectivity index is 2.30. The van der Waals surface area contributed by atoms with Crippen LogP contribution in [0, 0.1) is 6.92 Å². The van der Waals surface area contributed by atoms with Gasteiger partial charge in [0.1, 0.15) is 11.5 Å². The molecule has 0 atom stereocenters. The molecule has 0 bridgehead atoms. The summed E-state index contributed by atoms with van der Waals surface area (Å²) < 4.78 is 0. The van der Waals surface area contributed by atoms with Crippen molar-refractivity contribution >= 4 is 16.9 Å². The summed E-state index contributed by atoms with van der Waals surface area (Å²) in [5.74, 6) is 1.58. The van der Waals surface area contributed by atoms with Gasteiger partial charge in [0, 0.05) is 18.6 Å². The number of rotatable bonds is 1. The summed E-state index contributed by atoms with van der Waals surface area (Å²) in [5.41, 5.74) is 7.67. The number of hydrogen-bond donors (Lipinski definition) is 3. The normalized spacial score (nSPS) is 11.1. The molecule has 6 heteroatoms. The molecule has 0 amide bonds. The minimum absolute atomic E-state index is 0.468. The maximum atomic E-state index is 5.90. The Bertz CT molecular complexity index is 637. The van der Waals surface area contributed by atoms with Crippen LogP contribution in [0.3, 0.4) is 0 Å². The van der Waals surface area contributed by atoms with Gasteiger partial charge < -0.3 is 15.7 Å². The minimum Gasteiger partial charge on any atom is -0.383 e. The molecule has 80 valence electrons. The molecule has 4 N–H and O–H groups in total. The van der Waals surface area contributed by atoms with E-state index in [4.69, 9.17) is 5.73 Å². The van der Waals surface area contributed by atoms with Gasteiger partial charge in [-0.15, -0.1) is 0 Å². The lowest BCUT2D eigenvalue weighted by Gasteiger charge is -2.00. The van der Waals surface area contributed by atoms with Crippen LogP contribution in [0.25, 0.3) is 22.7 Å². The van der Waals surface area contributed by atoms with Gasteiger partial charge in [-0.1, -0.05) is 0 Å². The van der Waals surface area contributed by atoms with Crippen LogP contribution in [-0.4, -0.2) is 24.9 Å². The maximum Gasteiger partial charge on any atom is 0.199 e. The monoisotopic (exact) mass is 214 g/mol. The third-order valence-electron chi connectivity index (χ3n) is 2.47. The molecule has 16 heavy (non-hydrogen) atoms. The minimum atomic E-state index is 0.468. The van der Waals surface area contributed by atoms with E-state index in [0.717, 1.165) is 16.6 Å². The number of nitrogens with two attached hydrogens (primary N) is 1. The molecule has 0 aromatic carbocycles. The zero-order valence-corrected chi connectivity index (χ0v) is 8.65. The molecule has 0 radical (unpaired) electrons. The predicted octanol–water partition coefficient (Wildman–Crippen LogP) is 1.24. The standard InChI is InChI=1S/C10H10N6/c1-5-4-14-8-6(5)7(11)15-10(16-8)9-12-2-3-13-9/h2-4H,1H3,(H,12,13)(H3,11,14,15,16). The lowest BCUT2D eigenvalue weighted by atomic mass is 10.2. The van der Waals surface area contributed by atoms with Crippen LogP contribution in [0.1, 0.15) is 5.56 Å². The first-order chi connectivity index (χ1) is 7.75. The summed E-state index contributed by atoms with van der Waals surface area (Å²) >= 11 is 0. The number of aryl methyl sites for hydroxylation is 1. The smallest absolute Gasteiger partial charge is 0.199 e. The molecule has 0 aliphatic heterocycles. The van der Waals surface area contributed by atoms with Gasteiger partial charge in [0.25, 0.3) is 0 Å². The number of anilines is 1. The average molecular weight is 214 g/mol. The summed E-state index contributed by atoms with van der Waals surface area (Å²) in [6, 6.07) is 0. The van der Waals surface area contributed by atoms with E-state index in [0.29, 0.717) is 17.5 Å². The van der Waals surface area contributed by atoms with Gasteiger partial charge in [-0.25, -0.2) is 15.0 Å². The zero-order chi connectivity index (χ0) is 11.1. The highest BCUT2D eigenvalue weighted by Gasteiger charge is 2.11. The van der Waals surface area contributed by atoms with Gasteiger partial charge in [-0.05, 0) is 12.5 Å². The number of nitrogens with zero attached hydrogens (tertiary/aromatic N) is 3. The van der Waals surface area contributed by atoms with Crippen LogP contribution in [0.5, 0.6) is 0 Å². The van der Waals surface area contributed by atoms with Gasteiger partial charge in [0.05, 0.1) is 5.39 Å². The van der Waals surface area contributed by atoms with Crippen LogP contribution < -0.4 is 5.73 Å². The largest absolute Gasteiger partial charge is 0.383 e. The number of nitrogens with one attached hydrogen (secondary N) is 2. The quantitative estimate of drug-likeness (QED) is 0.567. The lowest BCUT2D eigenvalue weighted by molar-refractivity contribution is 1.15. The summed E-state index contributed by atoms with van der Waals surface area (Å²) in [5, 5.41) is 0.871. The fourth-order valence-electron chi connectivity index (χ4n) is 1.71. The van der Waals surface area contributed by atoms with Crippen LogP contribution in [0.4, 0.5) is 5.82 Å². The van der Waals surface area contributed by atoms with Crippen molar-refractivity contribution in [1.29, 1.82) is 0 Å². The van der Waals surface area contributed by atoms with Gasteiger partial charge in [0.15, 0.2) is 11.6 Å². The summed E-state index contributed by atoms with van der Waals surface area (Å²) in [7, 11) is 0. The number of fused-ring (bicyclic) bond motifs is 1. The van der Waals surface area contributed by atoms with Crippen molar-refractivity contribution in [3.8, 4) is 11.6 Å². The van der Waals surface area contributed by atoms with E-state index in [-0.39, 0.29) is 0 Å². The van der Waals surface area contributed by atoms with Crippen LogP contribution in [-0.2, 0) is 0 Å². The molecular formula is C10H10N6. The second-order valence-corrected chi connectivity index (χ2v) is 3.57. The van der Waals surface area contributed by atoms with Crippen molar-refractivity contribution in [2.45, 2.75) is 6.92 Å². The number of aromatic amines is 2. The van der Waals surface area contributed by atoms with Crippen LogP contribution >= 0.6 is 0 Å². The Morgan fingerprint density at radius 2 is 2.12 bits per heavy atom. The highest BCUT2D eigenvalue weighted by atomic mass is 15.0. The lowest BCUT2D eigenvalue weighted by Crippen LogP contribution is -1.98. The average Bonchev–Trinajstić information content (AvgIpc) is 2.87. The van der Waals surface area contributed by atoms with E-state index < -0.39 is 0 Å². The number of imidazole rings is 1. The fourth-order valence-corrected chi connectivity index (χ4v) is 1.71. The van der Waals surface area contributed by atoms with Crippen molar-refractivity contribution in [2.75, 3.05) is 5.73 Å². The summed E-state index contributed by atoms with van der Waals surface area (Å²) in [6.45, 7) is 1.96. The Morgan fingerprint density at radius 3 is 2.88 bits per heavy atom. The highest BCUT2D eigenvalue weighted by Crippen LogP contribution is 2.23. The van der Waals surface area contributed by atoms with Crippen molar-refractivity contribution in [2.24, 2.45) is 0 Å². The summed E-state index contributed by atoms with van der Waals surface area (Å²) in [4.78, 5) is 18.7. The Kier molecular flexibility index (Phi) is 1.70. The molecule has 3 aromatic rings. The molecule has 0 fully saturated rings. The van der Waals surface area contributed by atoms with E-state index in [9.17, 15) is 0 Å². The van der Waals surface area contributed by atoms with Gasteiger partial charge in [-0.2, -0.15) is 0 Å². The van der Waals surface area contributed by atoms with E-state index in [1.807, 2.05) is 13.1 Å². The van der Waals surface area contributed by atoms with Crippen molar-refractivity contribution in [1.82, 2.24) is 24.9 Å². The Hall–Kier alpha value is -2.37. The van der Waals surface area contributed by atoms with Crippen LogP contribution in [0.2, 0.25) is 0 Å². The van der Waals surface area contributed by atoms with Crippen molar-refractivity contribution in [3.63, 3.8) is 0 Å². The first-order valence-electron chi connectivity index (χ1n) is 4.86. The van der Waals surface area contributed by atoms with Gasteiger partial charge in [-0.3, -0.25) is 0 Å². The number of nitrogen functional groups attached to an aromatic ring is 1. The molecule has 0 saturated heterocycles. The molecule has 0 spiro atoms. The molecular weight excluding hydrogens is 204 g/mol. The second-order valence-electron chi connectivity index (χ2n) is 3.57. The predicted molar refractivity (Wildman–Crippen MR) is 60.6 cm³/mol. The molecule has 3 rings (SSSR count). The van der Waals surface area contributed by atoms with Crippen molar-refractivity contribution in [3.05, 3.63) is 24.2 Å². The molecule has 3 heterocycles. The molecule has 3 aromatic heterocycles. The molecule has 0 aliphatic carbocycles.